The van der Waals surface area contributed by atoms with E-state index in [1.807, 2.05) is 30.6 Å². The van der Waals surface area contributed by atoms with Crippen LogP contribution in [0.25, 0.3) is 0 Å². The third kappa shape index (κ3) is 3.41. The molecule has 2 heterocycles. The molecule has 0 aromatic carbocycles. The third-order valence-corrected chi connectivity index (χ3v) is 4.29. The van der Waals surface area contributed by atoms with Gasteiger partial charge >= 0.3 is 0 Å². The van der Waals surface area contributed by atoms with Crippen molar-refractivity contribution < 1.29 is 0 Å². The maximum Gasteiger partial charge on any atom is 0.126 e. The second kappa shape index (κ2) is 5.47. The third-order valence-electron chi connectivity index (χ3n) is 4.29. The van der Waals surface area contributed by atoms with Gasteiger partial charge < -0.3 is 5.32 Å². The fourth-order valence-electron chi connectivity index (χ4n) is 2.93. The topological polar surface area (TPSA) is 37.8 Å². The van der Waals surface area contributed by atoms with Crippen molar-refractivity contribution in [2.24, 2.45) is 11.3 Å². The molecule has 3 nitrogen and oxygen atoms in total. The average Bonchev–Trinajstić information content (AvgIpc) is 3.27. The number of pyridine rings is 2. The summed E-state index contributed by atoms with van der Waals surface area (Å²) < 4.78 is 0. The molecular weight excluding hydrogens is 258 g/mol. The minimum Gasteiger partial charge on any atom is -0.364 e. The van der Waals surface area contributed by atoms with Gasteiger partial charge in [0.2, 0.25) is 0 Å². The van der Waals surface area contributed by atoms with E-state index in [4.69, 9.17) is 0 Å². The zero-order valence-corrected chi connectivity index (χ0v) is 13.0. The molecule has 21 heavy (non-hydrogen) atoms. The van der Waals surface area contributed by atoms with Crippen molar-refractivity contribution in [2.75, 3.05) is 5.32 Å². The molecule has 0 spiro atoms. The lowest BCUT2D eigenvalue weighted by atomic mass is 9.88. The lowest BCUT2D eigenvalue weighted by molar-refractivity contribution is 0.343. The Hall–Kier alpha value is -1.90. The highest BCUT2D eigenvalue weighted by atomic mass is 15.0. The lowest BCUT2D eigenvalue weighted by Gasteiger charge is -2.18. The molecule has 3 heteroatoms. The first-order chi connectivity index (χ1) is 10.0. The molecule has 2 aromatic rings. The number of hydrogen-bond donors (Lipinski definition) is 1. The number of hydrogen-bond acceptors (Lipinski definition) is 3. The zero-order chi connectivity index (χ0) is 14.9. The average molecular weight is 281 g/mol. The van der Waals surface area contributed by atoms with Crippen LogP contribution in [0.3, 0.4) is 0 Å². The number of aromatic nitrogens is 2. The van der Waals surface area contributed by atoms with Gasteiger partial charge in [-0.25, -0.2) is 4.98 Å². The van der Waals surface area contributed by atoms with Crippen LogP contribution in [-0.2, 0) is 6.54 Å². The molecule has 0 amide bonds. The van der Waals surface area contributed by atoms with Crippen LogP contribution in [0.2, 0.25) is 0 Å². The van der Waals surface area contributed by atoms with Gasteiger partial charge in [0.05, 0.1) is 12.2 Å². The van der Waals surface area contributed by atoms with E-state index in [0.717, 1.165) is 17.4 Å². The summed E-state index contributed by atoms with van der Waals surface area (Å²) in [5.74, 6) is 2.41. The molecular formula is C18H23N3. The first-order valence-electron chi connectivity index (χ1n) is 7.64. The lowest BCUT2D eigenvalue weighted by Crippen LogP contribution is -2.09. The van der Waals surface area contributed by atoms with Crippen molar-refractivity contribution in [3.63, 3.8) is 0 Å². The number of nitrogens with one attached hydrogen (secondary N) is 1. The minimum absolute atomic E-state index is 0.403. The highest BCUT2D eigenvalue weighted by Crippen LogP contribution is 2.56. The van der Waals surface area contributed by atoms with E-state index in [1.54, 1.807) is 0 Å². The second-order valence-electron chi connectivity index (χ2n) is 6.97. The molecule has 0 bridgehead atoms. The van der Waals surface area contributed by atoms with E-state index in [2.05, 4.69) is 48.2 Å². The SMILES string of the molecule is CC(C)(C)[C@@H]1C[C@H]1c1ccc(NCc2ccccn2)nc1. The van der Waals surface area contributed by atoms with Gasteiger partial charge in [0.25, 0.3) is 0 Å². The van der Waals surface area contributed by atoms with Crippen LogP contribution in [0.1, 0.15) is 44.4 Å². The predicted molar refractivity (Wildman–Crippen MR) is 86.1 cm³/mol. The summed E-state index contributed by atoms with van der Waals surface area (Å²) in [5, 5.41) is 3.32. The van der Waals surface area contributed by atoms with Gasteiger partial charge in [-0.15, -0.1) is 0 Å². The molecule has 1 N–H and O–H groups in total. The van der Waals surface area contributed by atoms with Crippen molar-refractivity contribution in [2.45, 2.75) is 39.7 Å². The molecule has 1 fully saturated rings. The Morgan fingerprint density at radius 2 is 2.00 bits per heavy atom. The molecule has 3 rings (SSSR count). The van der Waals surface area contributed by atoms with E-state index in [0.29, 0.717) is 17.9 Å². The summed E-state index contributed by atoms with van der Waals surface area (Å²) in [6.07, 6.45) is 5.14. The quantitative estimate of drug-likeness (QED) is 0.911. The Balaban J connectivity index is 1.58. The first kappa shape index (κ1) is 14.1. The van der Waals surface area contributed by atoms with E-state index in [-0.39, 0.29) is 0 Å². The summed E-state index contributed by atoms with van der Waals surface area (Å²) in [5.41, 5.74) is 2.80. The van der Waals surface area contributed by atoms with Gasteiger partial charge in [0, 0.05) is 12.4 Å². The molecule has 1 aliphatic rings. The molecule has 2 aromatic heterocycles. The summed E-state index contributed by atoms with van der Waals surface area (Å²) in [7, 11) is 0. The van der Waals surface area contributed by atoms with Crippen LogP contribution in [0.15, 0.2) is 42.7 Å². The molecule has 110 valence electrons. The normalized spacial score (nSPS) is 21.1. The van der Waals surface area contributed by atoms with Gasteiger partial charge in [0.1, 0.15) is 5.82 Å². The number of nitrogens with zero attached hydrogens (tertiary/aromatic N) is 2. The van der Waals surface area contributed by atoms with Crippen LogP contribution in [0.5, 0.6) is 0 Å². The minimum atomic E-state index is 0.403. The largest absolute Gasteiger partial charge is 0.364 e. The molecule has 2 atom stereocenters. The predicted octanol–water partition coefficient (Wildman–Crippen LogP) is 4.24. The smallest absolute Gasteiger partial charge is 0.126 e. The van der Waals surface area contributed by atoms with Crippen LogP contribution in [0.4, 0.5) is 5.82 Å². The second-order valence-corrected chi connectivity index (χ2v) is 6.97. The first-order valence-corrected chi connectivity index (χ1v) is 7.64. The van der Waals surface area contributed by atoms with Gasteiger partial charge in [-0.1, -0.05) is 32.9 Å². The Morgan fingerprint density at radius 3 is 2.57 bits per heavy atom. The van der Waals surface area contributed by atoms with Crippen LogP contribution in [-0.4, -0.2) is 9.97 Å². The van der Waals surface area contributed by atoms with E-state index >= 15 is 0 Å². The zero-order valence-electron chi connectivity index (χ0n) is 13.0. The van der Waals surface area contributed by atoms with E-state index in [9.17, 15) is 0 Å². The molecule has 1 aliphatic carbocycles. The Morgan fingerprint density at radius 1 is 1.14 bits per heavy atom. The fraction of sp³-hybridized carbons (Fsp3) is 0.444. The van der Waals surface area contributed by atoms with Gasteiger partial charge in [0.15, 0.2) is 0 Å². The summed E-state index contributed by atoms with van der Waals surface area (Å²) >= 11 is 0. The van der Waals surface area contributed by atoms with Gasteiger partial charge in [-0.3, -0.25) is 4.98 Å². The fourth-order valence-corrected chi connectivity index (χ4v) is 2.93. The molecule has 0 saturated heterocycles. The van der Waals surface area contributed by atoms with Crippen molar-refractivity contribution >= 4 is 5.82 Å². The van der Waals surface area contributed by atoms with Crippen molar-refractivity contribution in [3.8, 4) is 0 Å². The molecule has 0 unspecified atom stereocenters. The van der Waals surface area contributed by atoms with Crippen LogP contribution >= 0.6 is 0 Å². The highest BCUT2D eigenvalue weighted by molar-refractivity contribution is 5.38. The molecule has 0 radical (unpaired) electrons. The summed E-state index contributed by atoms with van der Waals surface area (Å²) in [6, 6.07) is 10.2. The van der Waals surface area contributed by atoms with E-state index < -0.39 is 0 Å². The van der Waals surface area contributed by atoms with Crippen molar-refractivity contribution in [3.05, 3.63) is 54.0 Å². The summed E-state index contributed by atoms with van der Waals surface area (Å²) in [6.45, 7) is 7.69. The van der Waals surface area contributed by atoms with Crippen LogP contribution < -0.4 is 5.32 Å². The molecule has 0 aliphatic heterocycles. The highest BCUT2D eigenvalue weighted by Gasteiger charge is 2.45. The van der Waals surface area contributed by atoms with Gasteiger partial charge in [-0.2, -0.15) is 0 Å². The standard InChI is InChI=1S/C18H23N3/c1-18(2,3)16-10-15(16)13-7-8-17(20-11-13)21-12-14-6-4-5-9-19-14/h4-9,11,15-16H,10,12H2,1-3H3,(H,20,21)/t15-,16+/m0/s1. The van der Waals surface area contributed by atoms with Gasteiger partial charge in [-0.05, 0) is 47.4 Å². The van der Waals surface area contributed by atoms with Crippen LogP contribution in [0, 0.1) is 11.3 Å². The number of rotatable bonds is 4. The molecule has 1 saturated carbocycles. The number of anilines is 1. The van der Waals surface area contributed by atoms with Crippen molar-refractivity contribution in [1.82, 2.24) is 9.97 Å². The summed E-state index contributed by atoms with van der Waals surface area (Å²) in [4.78, 5) is 8.83. The maximum absolute atomic E-state index is 4.53. The van der Waals surface area contributed by atoms with E-state index in [1.165, 1.54) is 12.0 Å². The monoisotopic (exact) mass is 281 g/mol. The Labute approximate surface area is 126 Å². The van der Waals surface area contributed by atoms with Crippen molar-refractivity contribution in [1.29, 1.82) is 0 Å². The maximum atomic E-state index is 4.53. The Kier molecular flexibility index (Phi) is 3.66. The Bertz CT molecular complexity index is 584.